The molecule has 1 radical (unpaired) electrons. The molecule has 1 aliphatic rings. The maximum Gasteiger partial charge on any atom is 0.122 e. The fourth-order valence-electron chi connectivity index (χ4n) is 5.17. The van der Waals surface area contributed by atoms with Gasteiger partial charge < -0.3 is 14.7 Å². The molecular weight excluding hydrogens is 705 g/mol. The first-order valence-electron chi connectivity index (χ1n) is 14.3. The van der Waals surface area contributed by atoms with Crippen LogP contribution in [0.1, 0.15) is 25.0 Å². The summed E-state index contributed by atoms with van der Waals surface area (Å²) >= 11 is 0. The third kappa shape index (κ3) is 7.00. The number of hydrogen-bond donors (Lipinski definition) is 0. The number of para-hydroxylation sites is 1. The van der Waals surface area contributed by atoms with Crippen LogP contribution in [0, 0.1) is 25.0 Å². The first-order valence-corrected chi connectivity index (χ1v) is 14.3. The number of aryl methyl sites for hydroxylation is 1. The van der Waals surface area contributed by atoms with Gasteiger partial charge >= 0.3 is 0 Å². The number of rotatable bonds is 4. The molecule has 0 unspecified atom stereocenters. The van der Waals surface area contributed by atoms with Crippen molar-refractivity contribution in [2.75, 3.05) is 0 Å². The largest absolute Gasteiger partial charge is 0.500 e. The Balaban J connectivity index is 0.000000221. The van der Waals surface area contributed by atoms with Gasteiger partial charge in [-0.2, -0.15) is 0 Å². The second kappa shape index (κ2) is 13.7. The van der Waals surface area contributed by atoms with Crippen molar-refractivity contribution in [3.63, 3.8) is 0 Å². The van der Waals surface area contributed by atoms with Crippen LogP contribution in [0.25, 0.3) is 44.8 Å². The number of benzene rings is 4. The number of ether oxygens (including phenoxy) is 1. The van der Waals surface area contributed by atoms with E-state index in [2.05, 4.69) is 96.6 Å². The number of nitrogens with zero attached hydrogens (tertiary/aromatic N) is 2. The Kier molecular flexibility index (Phi) is 9.61. The number of hydrogen-bond acceptors (Lipinski definition) is 3. The Morgan fingerprint density at radius 2 is 1.42 bits per heavy atom. The summed E-state index contributed by atoms with van der Waals surface area (Å²) in [6.07, 6.45) is 4.81. The molecule has 0 N–H and O–H groups in total. The van der Waals surface area contributed by atoms with Crippen LogP contribution in [-0.4, -0.2) is 9.97 Å². The van der Waals surface area contributed by atoms with Gasteiger partial charge in [0.05, 0.1) is 5.75 Å². The minimum atomic E-state index is 0. The molecule has 7 rings (SSSR count). The Hall–Kier alpha value is -4.37. The second-order valence-corrected chi connectivity index (χ2v) is 10.9. The van der Waals surface area contributed by atoms with Gasteiger partial charge in [-0.1, -0.05) is 85.6 Å². The van der Waals surface area contributed by atoms with Gasteiger partial charge in [0.1, 0.15) is 5.75 Å². The van der Waals surface area contributed by atoms with Crippen LogP contribution in [0.4, 0.5) is 0 Å². The molecule has 0 aliphatic carbocycles. The molecule has 1 aliphatic heterocycles. The predicted molar refractivity (Wildman–Crippen MR) is 171 cm³/mol. The summed E-state index contributed by atoms with van der Waals surface area (Å²) in [6, 6.07) is 43.5. The van der Waals surface area contributed by atoms with Crippen molar-refractivity contribution in [3.05, 3.63) is 145 Å². The van der Waals surface area contributed by atoms with E-state index in [-0.39, 0.29) is 20.1 Å². The summed E-state index contributed by atoms with van der Waals surface area (Å²) in [5.74, 6) is 2.31. The molecule has 0 atom stereocenters. The Labute approximate surface area is 268 Å². The molecule has 4 heteroatoms. The molecule has 0 saturated carbocycles. The number of fused-ring (bicyclic) bond motifs is 5. The molecular formula is C39H32IrN2O-2. The van der Waals surface area contributed by atoms with E-state index in [1.54, 1.807) is 0 Å². The van der Waals surface area contributed by atoms with E-state index in [0.29, 0.717) is 5.92 Å². The van der Waals surface area contributed by atoms with Crippen LogP contribution in [-0.2, 0) is 26.5 Å². The monoisotopic (exact) mass is 737 g/mol. The van der Waals surface area contributed by atoms with E-state index >= 15 is 0 Å². The second-order valence-electron chi connectivity index (χ2n) is 10.9. The van der Waals surface area contributed by atoms with E-state index in [4.69, 9.17) is 4.74 Å². The summed E-state index contributed by atoms with van der Waals surface area (Å²) in [5, 5.41) is 0. The molecule has 0 bridgehead atoms. The fraction of sp³-hybridized carbons (Fsp3) is 0.128. The average Bonchev–Trinajstić information content (AvgIpc) is 3.16. The molecule has 215 valence electrons. The Morgan fingerprint density at radius 1 is 0.674 bits per heavy atom. The molecule has 0 saturated heterocycles. The molecule has 0 spiro atoms. The quantitative estimate of drug-likeness (QED) is 0.169. The molecule has 2 aromatic heterocycles. The maximum absolute atomic E-state index is 6.30. The predicted octanol–water partition coefficient (Wildman–Crippen LogP) is 10.0. The average molecular weight is 737 g/mol. The van der Waals surface area contributed by atoms with Gasteiger partial charge in [-0.25, -0.2) is 0 Å². The van der Waals surface area contributed by atoms with Gasteiger partial charge in [-0.15, -0.1) is 59.7 Å². The molecule has 3 heterocycles. The van der Waals surface area contributed by atoms with Gasteiger partial charge in [0.25, 0.3) is 0 Å². The zero-order valence-electron chi connectivity index (χ0n) is 24.5. The van der Waals surface area contributed by atoms with E-state index in [1.807, 2.05) is 67.8 Å². The normalized spacial score (nSPS) is 11.0. The summed E-state index contributed by atoms with van der Waals surface area (Å²) in [4.78, 5) is 8.93. The maximum atomic E-state index is 6.30. The summed E-state index contributed by atoms with van der Waals surface area (Å²) in [6.45, 7) is 6.51. The molecule has 0 amide bonds. The molecule has 6 aromatic rings. The van der Waals surface area contributed by atoms with Crippen molar-refractivity contribution in [1.29, 1.82) is 0 Å². The molecule has 3 nitrogen and oxygen atoms in total. The number of aromatic nitrogens is 2. The summed E-state index contributed by atoms with van der Waals surface area (Å²) in [5.41, 5.74) is 11.0. The van der Waals surface area contributed by atoms with Gasteiger partial charge in [0, 0.05) is 38.1 Å². The summed E-state index contributed by atoms with van der Waals surface area (Å²) < 4.78 is 6.30. The zero-order chi connectivity index (χ0) is 28.9. The third-order valence-corrected chi connectivity index (χ3v) is 7.17. The van der Waals surface area contributed by atoms with E-state index < -0.39 is 0 Å². The topological polar surface area (TPSA) is 35.0 Å². The van der Waals surface area contributed by atoms with Gasteiger partial charge in [-0.05, 0) is 59.5 Å². The Morgan fingerprint density at radius 3 is 2.14 bits per heavy atom. The van der Waals surface area contributed by atoms with Crippen LogP contribution in [0.15, 0.2) is 122 Å². The van der Waals surface area contributed by atoms with Crippen LogP contribution < -0.4 is 4.74 Å². The van der Waals surface area contributed by atoms with Crippen molar-refractivity contribution >= 4 is 0 Å². The van der Waals surface area contributed by atoms with Crippen LogP contribution in [0.2, 0.25) is 0 Å². The van der Waals surface area contributed by atoms with Gasteiger partial charge in [0.2, 0.25) is 0 Å². The van der Waals surface area contributed by atoms with Crippen molar-refractivity contribution in [2.45, 2.75) is 27.2 Å². The first-order chi connectivity index (χ1) is 20.5. The van der Waals surface area contributed by atoms with Crippen LogP contribution in [0.5, 0.6) is 11.5 Å². The minimum Gasteiger partial charge on any atom is -0.500 e. The van der Waals surface area contributed by atoms with Crippen molar-refractivity contribution in [1.82, 2.24) is 9.97 Å². The standard InChI is InChI=1S/C27H22NO.C12H10N.Ir/c1-18(2)15-19-13-14-28-25(16-19)20-11-12-27-24(17-20)22-8-4-3-7-21(22)23-9-5-6-10-26(23)29-27;1-10-7-8-12(13-9-10)11-5-3-2-4-6-11;/h3-10,12-14,16-18H,15H2,1-2H3;2-5,7-9H,1H3;/q2*-1;. The SMILES string of the molecule is CC(C)Cc1ccnc(-c2[c-]cc3c(c2)-c2ccccc2-c2ccccc2O3)c1.Cc1ccc(-c2[c-]cccc2)nc1.[Ir]. The minimum absolute atomic E-state index is 0. The molecule has 43 heavy (non-hydrogen) atoms. The van der Waals surface area contributed by atoms with Crippen LogP contribution >= 0.6 is 0 Å². The Bertz CT molecular complexity index is 1810. The zero-order valence-corrected chi connectivity index (χ0v) is 26.9. The van der Waals surface area contributed by atoms with Crippen molar-refractivity contribution in [2.24, 2.45) is 5.92 Å². The van der Waals surface area contributed by atoms with Gasteiger partial charge in [0.15, 0.2) is 0 Å². The third-order valence-electron chi connectivity index (χ3n) is 7.17. The van der Waals surface area contributed by atoms with E-state index in [1.165, 1.54) is 22.3 Å². The number of pyridine rings is 2. The van der Waals surface area contributed by atoms with Crippen molar-refractivity contribution < 1.29 is 24.8 Å². The summed E-state index contributed by atoms with van der Waals surface area (Å²) in [7, 11) is 0. The molecule has 4 aromatic carbocycles. The first kappa shape index (κ1) is 30.1. The van der Waals surface area contributed by atoms with Crippen LogP contribution in [0.3, 0.4) is 0 Å². The van der Waals surface area contributed by atoms with E-state index in [0.717, 1.165) is 51.6 Å². The van der Waals surface area contributed by atoms with E-state index in [9.17, 15) is 0 Å². The smallest absolute Gasteiger partial charge is 0.122 e. The van der Waals surface area contributed by atoms with Crippen molar-refractivity contribution in [3.8, 4) is 56.3 Å². The van der Waals surface area contributed by atoms with Gasteiger partial charge in [-0.3, -0.25) is 0 Å². The fourth-order valence-corrected chi connectivity index (χ4v) is 5.17. The molecule has 0 fully saturated rings.